The smallest absolute Gasteiger partial charge is 0.332 e. The van der Waals surface area contributed by atoms with E-state index in [9.17, 15) is 4.79 Å². The first kappa shape index (κ1) is 8.70. The lowest BCUT2D eigenvalue weighted by molar-refractivity contribution is -0.132. The molecule has 0 aromatic rings. The number of carbonyl (C=O) groups is 1. The van der Waals surface area contributed by atoms with Gasteiger partial charge in [0, 0.05) is 11.1 Å². The fourth-order valence-electron chi connectivity index (χ4n) is 0.557. The maximum absolute atomic E-state index is 10.2. The second kappa shape index (κ2) is 3.67. The average Bonchev–Trinajstić information content (AvgIpc) is 1.90. The Labute approximate surface area is 59.6 Å². The summed E-state index contributed by atoms with van der Waals surface area (Å²) in [5.41, 5.74) is 0.484. The van der Waals surface area contributed by atoms with Crippen LogP contribution in [-0.4, -0.2) is 11.1 Å². The first-order valence-electron chi connectivity index (χ1n) is 2.96. The molecule has 0 aliphatic rings. The molecule has 0 aromatic heterocycles. The van der Waals surface area contributed by atoms with Gasteiger partial charge in [0.2, 0.25) is 0 Å². The van der Waals surface area contributed by atoms with Crippen LogP contribution >= 0.6 is 0 Å². The molecule has 10 heavy (non-hydrogen) atoms. The number of rotatable bonds is 2. The van der Waals surface area contributed by atoms with E-state index in [4.69, 9.17) is 10.4 Å². The van der Waals surface area contributed by atoms with Gasteiger partial charge in [-0.15, -0.1) is 0 Å². The molecule has 54 valence electrons. The number of nitriles is 1. The third-order valence-corrected chi connectivity index (χ3v) is 1.26. The molecular weight excluding hydrogens is 130 g/mol. The van der Waals surface area contributed by atoms with Crippen LogP contribution in [0.25, 0.3) is 0 Å². The molecular formula is C7H9NO2. The van der Waals surface area contributed by atoms with E-state index in [0.717, 1.165) is 0 Å². The van der Waals surface area contributed by atoms with Crippen LogP contribution in [0.4, 0.5) is 0 Å². The molecule has 3 nitrogen and oxygen atoms in total. The van der Waals surface area contributed by atoms with Gasteiger partial charge >= 0.3 is 5.97 Å². The van der Waals surface area contributed by atoms with E-state index in [2.05, 4.69) is 0 Å². The topological polar surface area (TPSA) is 61.1 Å². The monoisotopic (exact) mass is 139 g/mol. The molecule has 0 unspecified atom stereocenters. The number of nitrogens with zero attached hydrogens (tertiary/aromatic N) is 1. The Hall–Kier alpha value is -1.30. The van der Waals surface area contributed by atoms with Gasteiger partial charge in [0.25, 0.3) is 0 Å². The van der Waals surface area contributed by atoms with Crippen molar-refractivity contribution >= 4 is 5.97 Å². The van der Waals surface area contributed by atoms with Crippen LogP contribution in [0.5, 0.6) is 0 Å². The van der Waals surface area contributed by atoms with Gasteiger partial charge in [-0.1, -0.05) is 6.92 Å². The summed E-state index contributed by atoms with van der Waals surface area (Å²) in [6, 6.07) is 1.83. The Morgan fingerprint density at radius 1 is 1.70 bits per heavy atom. The number of allylic oxidation sites excluding steroid dienone is 1. The van der Waals surface area contributed by atoms with Gasteiger partial charge in [0.05, 0.1) is 6.07 Å². The van der Waals surface area contributed by atoms with Crippen LogP contribution in [0, 0.1) is 11.3 Å². The molecule has 3 heteroatoms. The van der Waals surface area contributed by atoms with E-state index < -0.39 is 5.97 Å². The third kappa shape index (κ3) is 1.90. The molecule has 0 fully saturated rings. The van der Waals surface area contributed by atoms with Crippen molar-refractivity contribution < 1.29 is 9.90 Å². The lowest BCUT2D eigenvalue weighted by Crippen LogP contribution is -1.99. The van der Waals surface area contributed by atoms with E-state index >= 15 is 0 Å². The van der Waals surface area contributed by atoms with E-state index in [1.807, 2.05) is 6.07 Å². The molecule has 0 aromatic carbocycles. The summed E-state index contributed by atoms with van der Waals surface area (Å²) in [5, 5.41) is 16.8. The van der Waals surface area contributed by atoms with E-state index in [1.165, 1.54) is 6.92 Å². The summed E-state index contributed by atoms with van der Waals surface area (Å²) in [7, 11) is 0. The van der Waals surface area contributed by atoms with Crippen molar-refractivity contribution in [1.82, 2.24) is 0 Å². The summed E-state index contributed by atoms with van der Waals surface area (Å²) in [6.45, 7) is 3.19. The molecule has 0 aliphatic heterocycles. The maximum Gasteiger partial charge on any atom is 0.332 e. The standard InChI is InChI=1S/C7H9NO2/c1-3-6(4-8)5(2)7(9)10/h3H2,1-2H3,(H,9,10)/b6-5+. The van der Waals surface area contributed by atoms with Gasteiger partial charge in [0.15, 0.2) is 0 Å². The van der Waals surface area contributed by atoms with Gasteiger partial charge in [-0.25, -0.2) is 4.79 Å². The number of aliphatic carboxylic acids is 1. The zero-order valence-electron chi connectivity index (χ0n) is 6.01. The first-order valence-corrected chi connectivity index (χ1v) is 2.96. The van der Waals surface area contributed by atoms with Crippen molar-refractivity contribution in [3.63, 3.8) is 0 Å². The highest BCUT2D eigenvalue weighted by Gasteiger charge is 2.05. The van der Waals surface area contributed by atoms with Crippen molar-refractivity contribution in [1.29, 1.82) is 5.26 Å². The van der Waals surface area contributed by atoms with Crippen LogP contribution in [0.3, 0.4) is 0 Å². The predicted molar refractivity (Wildman–Crippen MR) is 36.2 cm³/mol. The largest absolute Gasteiger partial charge is 0.478 e. The number of carboxylic acid groups (broad SMARTS) is 1. The highest BCUT2D eigenvalue weighted by atomic mass is 16.4. The second-order valence-electron chi connectivity index (χ2n) is 1.87. The highest BCUT2D eigenvalue weighted by molar-refractivity contribution is 5.87. The van der Waals surface area contributed by atoms with E-state index in [1.54, 1.807) is 6.92 Å². The summed E-state index contributed by atoms with van der Waals surface area (Å²) >= 11 is 0. The Balaban J connectivity index is 4.65. The second-order valence-corrected chi connectivity index (χ2v) is 1.87. The molecule has 0 saturated carbocycles. The fraction of sp³-hybridized carbons (Fsp3) is 0.429. The highest BCUT2D eigenvalue weighted by Crippen LogP contribution is 2.06. The molecule has 0 amide bonds. The van der Waals surface area contributed by atoms with E-state index in [-0.39, 0.29) is 5.57 Å². The van der Waals surface area contributed by atoms with Gasteiger partial charge in [-0.2, -0.15) is 5.26 Å². The molecule has 0 radical (unpaired) electrons. The molecule has 0 spiro atoms. The number of hydrogen-bond acceptors (Lipinski definition) is 2. The lowest BCUT2D eigenvalue weighted by Gasteiger charge is -1.94. The third-order valence-electron chi connectivity index (χ3n) is 1.26. The summed E-state index contributed by atoms with van der Waals surface area (Å²) in [6.07, 6.45) is 0.481. The Morgan fingerprint density at radius 3 is 2.30 bits per heavy atom. The van der Waals surface area contributed by atoms with Crippen molar-refractivity contribution in [3.8, 4) is 6.07 Å². The normalized spacial score (nSPS) is 11.7. The maximum atomic E-state index is 10.2. The molecule has 0 rings (SSSR count). The van der Waals surface area contributed by atoms with Crippen molar-refractivity contribution in [3.05, 3.63) is 11.1 Å². The van der Waals surface area contributed by atoms with Gasteiger partial charge in [-0.05, 0) is 13.3 Å². The van der Waals surface area contributed by atoms with Crippen molar-refractivity contribution in [2.45, 2.75) is 20.3 Å². The van der Waals surface area contributed by atoms with Crippen LogP contribution in [0.1, 0.15) is 20.3 Å². The molecule has 0 aliphatic carbocycles. The van der Waals surface area contributed by atoms with Gasteiger partial charge < -0.3 is 5.11 Å². The minimum Gasteiger partial charge on any atom is -0.478 e. The van der Waals surface area contributed by atoms with Crippen molar-refractivity contribution in [2.75, 3.05) is 0 Å². The van der Waals surface area contributed by atoms with Crippen LogP contribution in [0.15, 0.2) is 11.1 Å². The van der Waals surface area contributed by atoms with Crippen LogP contribution in [-0.2, 0) is 4.79 Å². The summed E-state index contributed by atoms with van der Waals surface area (Å²) < 4.78 is 0. The zero-order valence-corrected chi connectivity index (χ0v) is 6.01. The zero-order chi connectivity index (χ0) is 8.15. The first-order chi connectivity index (χ1) is 4.63. The minimum atomic E-state index is -1.02. The summed E-state index contributed by atoms with van der Waals surface area (Å²) in [5.74, 6) is -1.02. The fourth-order valence-corrected chi connectivity index (χ4v) is 0.557. The van der Waals surface area contributed by atoms with Gasteiger partial charge in [0.1, 0.15) is 0 Å². The Bertz CT molecular complexity index is 210. The van der Waals surface area contributed by atoms with Crippen LogP contribution < -0.4 is 0 Å². The predicted octanol–water partition coefficient (Wildman–Crippen LogP) is 1.32. The average molecular weight is 139 g/mol. The Morgan fingerprint density at radius 2 is 2.20 bits per heavy atom. The van der Waals surface area contributed by atoms with E-state index in [0.29, 0.717) is 12.0 Å². The molecule has 0 heterocycles. The molecule has 0 bridgehead atoms. The minimum absolute atomic E-state index is 0.144. The SMILES string of the molecule is CC/C(C#N)=C(/C)C(=O)O. The Kier molecular flexibility index (Phi) is 3.20. The number of carboxylic acids is 1. The lowest BCUT2D eigenvalue weighted by atomic mass is 10.1. The molecule has 1 N–H and O–H groups in total. The van der Waals surface area contributed by atoms with Crippen LogP contribution in [0.2, 0.25) is 0 Å². The summed E-state index contributed by atoms with van der Waals surface area (Å²) in [4.78, 5) is 10.2. The molecule has 0 saturated heterocycles. The van der Waals surface area contributed by atoms with Crippen molar-refractivity contribution in [2.24, 2.45) is 0 Å². The number of hydrogen-bond donors (Lipinski definition) is 1. The van der Waals surface area contributed by atoms with Gasteiger partial charge in [-0.3, -0.25) is 0 Å². The molecule has 0 atom stereocenters. The quantitative estimate of drug-likeness (QED) is 0.463.